The van der Waals surface area contributed by atoms with E-state index in [4.69, 9.17) is 17.3 Å². The van der Waals surface area contributed by atoms with Crippen molar-refractivity contribution in [3.63, 3.8) is 0 Å². The van der Waals surface area contributed by atoms with Crippen LogP contribution in [0.5, 0.6) is 0 Å². The number of anilines is 2. The molecule has 1 aromatic rings. The Morgan fingerprint density at radius 1 is 1.47 bits per heavy atom. The first kappa shape index (κ1) is 15.8. The van der Waals surface area contributed by atoms with Gasteiger partial charge in [0, 0.05) is 31.6 Å². The van der Waals surface area contributed by atoms with Crippen molar-refractivity contribution < 1.29 is 4.79 Å². The lowest BCUT2D eigenvalue weighted by Gasteiger charge is -2.19. The Kier molecular flexibility index (Phi) is 6.12. The Bertz CT molecular complexity index is 435. The molecule has 0 saturated heterocycles. The standard InChI is InChI=1S/C14H22ClN3O/c1-4-5-11(16)9-14(19)17-12-8-10(15)6-7-13(12)18(2)3/h6-8,11H,4-5,9,16H2,1-3H3,(H,17,19). The fraction of sp³-hybridized carbons (Fsp3) is 0.500. The van der Waals surface area contributed by atoms with Gasteiger partial charge in [-0.05, 0) is 24.6 Å². The SMILES string of the molecule is CCCC(N)CC(=O)Nc1cc(Cl)ccc1N(C)C. The summed E-state index contributed by atoms with van der Waals surface area (Å²) in [5.41, 5.74) is 7.50. The van der Waals surface area contributed by atoms with Crippen molar-refractivity contribution in [3.8, 4) is 0 Å². The number of carbonyl (C=O) groups is 1. The summed E-state index contributed by atoms with van der Waals surface area (Å²) >= 11 is 5.97. The van der Waals surface area contributed by atoms with Crippen LogP contribution in [0, 0.1) is 0 Å². The first-order chi connectivity index (χ1) is 8.93. The summed E-state index contributed by atoms with van der Waals surface area (Å²) in [6.45, 7) is 2.05. The van der Waals surface area contributed by atoms with Gasteiger partial charge < -0.3 is 16.0 Å². The van der Waals surface area contributed by atoms with Gasteiger partial charge in [-0.1, -0.05) is 24.9 Å². The second-order valence-corrected chi connectivity index (χ2v) is 5.29. The quantitative estimate of drug-likeness (QED) is 0.844. The minimum absolute atomic E-state index is 0.0775. The molecule has 0 aliphatic rings. The van der Waals surface area contributed by atoms with Gasteiger partial charge in [0.25, 0.3) is 0 Å². The highest BCUT2D eigenvalue weighted by Gasteiger charge is 2.12. The summed E-state index contributed by atoms with van der Waals surface area (Å²) in [4.78, 5) is 13.9. The fourth-order valence-electron chi connectivity index (χ4n) is 1.91. The zero-order valence-electron chi connectivity index (χ0n) is 11.7. The van der Waals surface area contributed by atoms with Gasteiger partial charge in [-0.25, -0.2) is 0 Å². The van der Waals surface area contributed by atoms with Crippen LogP contribution in [-0.4, -0.2) is 26.0 Å². The maximum Gasteiger partial charge on any atom is 0.225 e. The highest BCUT2D eigenvalue weighted by Crippen LogP contribution is 2.27. The third-order valence-corrected chi connectivity index (χ3v) is 3.06. The van der Waals surface area contributed by atoms with Gasteiger partial charge in [0.2, 0.25) is 5.91 Å². The molecule has 1 aromatic carbocycles. The number of nitrogens with one attached hydrogen (secondary N) is 1. The van der Waals surface area contributed by atoms with Crippen molar-refractivity contribution in [2.45, 2.75) is 32.2 Å². The summed E-state index contributed by atoms with van der Waals surface area (Å²) in [6.07, 6.45) is 2.16. The first-order valence-electron chi connectivity index (χ1n) is 6.46. The van der Waals surface area contributed by atoms with Crippen LogP contribution in [0.1, 0.15) is 26.2 Å². The van der Waals surface area contributed by atoms with Gasteiger partial charge >= 0.3 is 0 Å². The second-order valence-electron chi connectivity index (χ2n) is 4.86. The third-order valence-electron chi connectivity index (χ3n) is 2.82. The molecule has 0 fully saturated rings. The van der Waals surface area contributed by atoms with E-state index in [2.05, 4.69) is 12.2 Å². The number of hydrogen-bond acceptors (Lipinski definition) is 3. The lowest BCUT2D eigenvalue weighted by Crippen LogP contribution is -2.27. The van der Waals surface area contributed by atoms with Gasteiger partial charge in [-0.2, -0.15) is 0 Å². The Hall–Kier alpha value is -1.26. The third kappa shape index (κ3) is 5.09. The Morgan fingerprint density at radius 3 is 2.74 bits per heavy atom. The number of nitrogens with zero attached hydrogens (tertiary/aromatic N) is 1. The number of rotatable bonds is 6. The molecule has 0 heterocycles. The molecule has 1 unspecified atom stereocenters. The minimum Gasteiger partial charge on any atom is -0.376 e. The van der Waals surface area contributed by atoms with Crippen molar-refractivity contribution in [2.24, 2.45) is 5.73 Å². The molecule has 0 spiro atoms. The van der Waals surface area contributed by atoms with Crippen LogP contribution in [0.4, 0.5) is 11.4 Å². The van der Waals surface area contributed by atoms with E-state index in [0.717, 1.165) is 18.5 Å². The lowest BCUT2D eigenvalue weighted by atomic mass is 10.1. The van der Waals surface area contributed by atoms with E-state index in [9.17, 15) is 4.79 Å². The van der Waals surface area contributed by atoms with Gasteiger partial charge in [-0.3, -0.25) is 4.79 Å². The molecule has 0 aromatic heterocycles. The molecule has 1 amide bonds. The van der Waals surface area contributed by atoms with Crippen LogP contribution in [0.25, 0.3) is 0 Å². The Labute approximate surface area is 119 Å². The molecule has 0 aliphatic carbocycles. The van der Waals surface area contributed by atoms with Crippen LogP contribution in [0.2, 0.25) is 5.02 Å². The van der Waals surface area contributed by atoms with E-state index >= 15 is 0 Å². The average Bonchev–Trinajstić information content (AvgIpc) is 2.28. The number of hydrogen-bond donors (Lipinski definition) is 2. The molecule has 5 heteroatoms. The molecule has 4 nitrogen and oxygen atoms in total. The molecule has 0 bridgehead atoms. The normalized spacial score (nSPS) is 12.1. The summed E-state index contributed by atoms with van der Waals surface area (Å²) in [5.74, 6) is -0.0775. The van der Waals surface area contributed by atoms with E-state index in [1.54, 1.807) is 12.1 Å². The van der Waals surface area contributed by atoms with Crippen molar-refractivity contribution in [1.29, 1.82) is 0 Å². The lowest BCUT2D eigenvalue weighted by molar-refractivity contribution is -0.116. The summed E-state index contributed by atoms with van der Waals surface area (Å²) in [7, 11) is 3.84. The topological polar surface area (TPSA) is 58.4 Å². The molecule has 1 atom stereocenters. The van der Waals surface area contributed by atoms with Crippen LogP contribution < -0.4 is 16.0 Å². The van der Waals surface area contributed by atoms with Gasteiger partial charge in [0.1, 0.15) is 0 Å². The number of carbonyl (C=O) groups excluding carboxylic acids is 1. The maximum atomic E-state index is 11.9. The average molecular weight is 284 g/mol. The molecule has 0 aliphatic heterocycles. The predicted molar refractivity (Wildman–Crippen MR) is 81.9 cm³/mol. The second kappa shape index (κ2) is 7.36. The number of amides is 1. The molecule has 0 radical (unpaired) electrons. The Balaban J connectivity index is 2.75. The highest BCUT2D eigenvalue weighted by molar-refractivity contribution is 6.31. The molecular weight excluding hydrogens is 262 g/mol. The van der Waals surface area contributed by atoms with Crippen molar-refractivity contribution in [1.82, 2.24) is 0 Å². The van der Waals surface area contributed by atoms with Gasteiger partial charge in [0.15, 0.2) is 0 Å². The molecule has 106 valence electrons. The first-order valence-corrected chi connectivity index (χ1v) is 6.84. The van der Waals surface area contributed by atoms with E-state index in [1.165, 1.54) is 0 Å². The van der Waals surface area contributed by atoms with E-state index in [1.807, 2.05) is 25.1 Å². The molecule has 19 heavy (non-hydrogen) atoms. The monoisotopic (exact) mass is 283 g/mol. The Morgan fingerprint density at radius 2 is 2.16 bits per heavy atom. The summed E-state index contributed by atoms with van der Waals surface area (Å²) in [5, 5.41) is 3.47. The van der Waals surface area contributed by atoms with Crippen molar-refractivity contribution in [3.05, 3.63) is 23.2 Å². The van der Waals surface area contributed by atoms with E-state index in [0.29, 0.717) is 17.1 Å². The summed E-state index contributed by atoms with van der Waals surface area (Å²) < 4.78 is 0. The zero-order valence-corrected chi connectivity index (χ0v) is 12.5. The fourth-order valence-corrected chi connectivity index (χ4v) is 2.08. The van der Waals surface area contributed by atoms with Crippen LogP contribution >= 0.6 is 11.6 Å². The largest absolute Gasteiger partial charge is 0.376 e. The summed E-state index contributed by atoms with van der Waals surface area (Å²) in [6, 6.07) is 5.34. The molecular formula is C14H22ClN3O. The smallest absolute Gasteiger partial charge is 0.225 e. The minimum atomic E-state index is -0.0907. The van der Waals surface area contributed by atoms with E-state index < -0.39 is 0 Å². The molecule has 3 N–H and O–H groups in total. The number of benzene rings is 1. The maximum absolute atomic E-state index is 11.9. The van der Waals surface area contributed by atoms with Crippen molar-refractivity contribution in [2.75, 3.05) is 24.3 Å². The van der Waals surface area contributed by atoms with E-state index in [-0.39, 0.29) is 11.9 Å². The number of halogens is 1. The zero-order chi connectivity index (χ0) is 14.4. The van der Waals surface area contributed by atoms with Gasteiger partial charge in [-0.15, -0.1) is 0 Å². The van der Waals surface area contributed by atoms with Gasteiger partial charge in [0.05, 0.1) is 11.4 Å². The predicted octanol–water partition coefficient (Wildman–Crippen LogP) is 2.86. The van der Waals surface area contributed by atoms with Crippen LogP contribution in [0.15, 0.2) is 18.2 Å². The molecule has 1 rings (SSSR count). The number of nitrogens with two attached hydrogens (primary N) is 1. The van der Waals surface area contributed by atoms with Crippen LogP contribution in [-0.2, 0) is 4.79 Å². The van der Waals surface area contributed by atoms with Crippen molar-refractivity contribution >= 4 is 28.9 Å². The van der Waals surface area contributed by atoms with Crippen LogP contribution in [0.3, 0.4) is 0 Å². The molecule has 0 saturated carbocycles. The highest BCUT2D eigenvalue weighted by atomic mass is 35.5.